The van der Waals surface area contributed by atoms with E-state index in [4.69, 9.17) is 25.2 Å². The topological polar surface area (TPSA) is 93.1 Å². The first-order valence-electron chi connectivity index (χ1n) is 10.5. The summed E-state index contributed by atoms with van der Waals surface area (Å²) in [5, 5.41) is 11.8. The van der Waals surface area contributed by atoms with Crippen LogP contribution in [0.3, 0.4) is 0 Å². The molecule has 3 heterocycles. The molecule has 1 N–H and O–H groups in total. The van der Waals surface area contributed by atoms with E-state index in [1.807, 2.05) is 19.1 Å². The van der Waals surface area contributed by atoms with Gasteiger partial charge in [-0.2, -0.15) is 0 Å². The van der Waals surface area contributed by atoms with Crippen LogP contribution in [0.15, 0.2) is 74.8 Å². The highest BCUT2D eigenvalue weighted by Gasteiger charge is 2.47. The number of carbonyl (C=O) groups excluding carboxylic acids is 2. The number of benzene rings is 2. The van der Waals surface area contributed by atoms with Gasteiger partial charge in [0.25, 0.3) is 5.91 Å². The van der Waals surface area contributed by atoms with Gasteiger partial charge in [0.15, 0.2) is 22.9 Å². The van der Waals surface area contributed by atoms with Crippen molar-refractivity contribution in [3.63, 3.8) is 0 Å². The minimum Gasteiger partial charge on any atom is -0.503 e. The van der Waals surface area contributed by atoms with Crippen LogP contribution in [-0.2, 0) is 4.79 Å². The largest absolute Gasteiger partial charge is 0.503 e. The van der Waals surface area contributed by atoms with E-state index in [0.29, 0.717) is 38.9 Å². The smallest absolute Gasteiger partial charge is 0.294 e. The predicted octanol–water partition coefficient (Wildman–Crippen LogP) is 6.09. The van der Waals surface area contributed by atoms with Crippen molar-refractivity contribution >= 4 is 39.9 Å². The van der Waals surface area contributed by atoms with E-state index >= 15 is 0 Å². The van der Waals surface area contributed by atoms with Crippen molar-refractivity contribution in [3.8, 4) is 5.75 Å². The van der Waals surface area contributed by atoms with E-state index in [9.17, 15) is 14.7 Å². The molecule has 0 aliphatic carbocycles. The van der Waals surface area contributed by atoms with Crippen molar-refractivity contribution in [2.45, 2.75) is 19.9 Å². The summed E-state index contributed by atoms with van der Waals surface area (Å²) in [6, 6.07) is 14.4. The SMILES string of the molecule is COc1cc(Cl)cc2cc(C(=O)C3=C(O)C(=O)N(c4ccc(C)cc4)C3c3ccc(C)o3)oc12. The molecule has 34 heavy (non-hydrogen) atoms. The Morgan fingerprint density at radius 2 is 1.79 bits per heavy atom. The number of ketones is 1. The second kappa shape index (κ2) is 8.11. The highest BCUT2D eigenvalue weighted by atomic mass is 35.5. The molecule has 172 valence electrons. The number of aliphatic hydroxyl groups is 1. The third-order valence-electron chi connectivity index (χ3n) is 5.79. The average Bonchev–Trinajstić information content (AvgIpc) is 3.50. The van der Waals surface area contributed by atoms with Gasteiger partial charge < -0.3 is 18.7 Å². The van der Waals surface area contributed by atoms with Crippen molar-refractivity contribution < 1.29 is 28.3 Å². The Morgan fingerprint density at radius 1 is 1.06 bits per heavy atom. The van der Waals surface area contributed by atoms with E-state index in [1.54, 1.807) is 43.3 Å². The average molecular weight is 478 g/mol. The molecule has 5 rings (SSSR count). The first-order valence-corrected chi connectivity index (χ1v) is 10.9. The van der Waals surface area contributed by atoms with E-state index < -0.39 is 23.5 Å². The molecule has 1 atom stereocenters. The van der Waals surface area contributed by atoms with Crippen LogP contribution in [0, 0.1) is 13.8 Å². The lowest BCUT2D eigenvalue weighted by atomic mass is 9.99. The minimum atomic E-state index is -0.977. The molecule has 0 bridgehead atoms. The lowest BCUT2D eigenvalue weighted by molar-refractivity contribution is -0.117. The number of halogens is 1. The van der Waals surface area contributed by atoms with Crippen molar-refractivity contribution in [2.75, 3.05) is 12.0 Å². The number of nitrogens with zero attached hydrogens (tertiary/aromatic N) is 1. The maximum Gasteiger partial charge on any atom is 0.294 e. The number of hydrogen-bond donors (Lipinski definition) is 1. The molecular formula is C26H20ClNO6. The number of methoxy groups -OCH3 is 1. The number of aliphatic hydroxyl groups excluding tert-OH is 1. The zero-order chi connectivity index (χ0) is 24.1. The Morgan fingerprint density at radius 3 is 2.44 bits per heavy atom. The van der Waals surface area contributed by atoms with Crippen molar-refractivity contribution in [3.05, 3.63) is 93.8 Å². The van der Waals surface area contributed by atoms with E-state index in [2.05, 4.69) is 0 Å². The lowest BCUT2D eigenvalue weighted by Gasteiger charge is -2.25. The highest BCUT2D eigenvalue weighted by Crippen LogP contribution is 2.43. The molecule has 1 aliphatic heterocycles. The van der Waals surface area contributed by atoms with Gasteiger partial charge in [-0.1, -0.05) is 29.3 Å². The number of Topliss-reactive ketones (excluding diaryl/α,β-unsaturated/α-hetero) is 1. The van der Waals surface area contributed by atoms with Crippen LogP contribution >= 0.6 is 11.6 Å². The number of amides is 1. The van der Waals surface area contributed by atoms with Gasteiger partial charge in [-0.15, -0.1) is 0 Å². The second-order valence-corrected chi connectivity index (χ2v) is 8.53. The normalized spacial score (nSPS) is 16.1. The lowest BCUT2D eigenvalue weighted by Crippen LogP contribution is -2.30. The number of carbonyl (C=O) groups is 2. The van der Waals surface area contributed by atoms with Gasteiger partial charge in [-0.3, -0.25) is 14.5 Å². The van der Waals surface area contributed by atoms with Crippen LogP contribution in [0.5, 0.6) is 5.75 Å². The standard InChI is InChI=1S/C26H20ClNO6/c1-13-4-7-17(8-5-13)28-22(18-9-6-14(2)33-18)21(24(30)26(28)31)23(29)19-11-15-10-16(27)12-20(32-3)25(15)34-19/h4-12,22,30H,1-3H3. The van der Waals surface area contributed by atoms with E-state index in [-0.39, 0.29) is 11.3 Å². The van der Waals surface area contributed by atoms with Crippen molar-refractivity contribution in [2.24, 2.45) is 0 Å². The molecule has 1 unspecified atom stereocenters. The quantitative estimate of drug-likeness (QED) is 0.350. The molecule has 1 aliphatic rings. The number of anilines is 1. The zero-order valence-corrected chi connectivity index (χ0v) is 19.3. The van der Waals surface area contributed by atoms with Gasteiger partial charge in [0.2, 0.25) is 5.78 Å². The summed E-state index contributed by atoms with van der Waals surface area (Å²) < 4.78 is 16.9. The van der Waals surface area contributed by atoms with Gasteiger partial charge in [0.1, 0.15) is 17.6 Å². The fraction of sp³-hybridized carbons (Fsp3) is 0.154. The fourth-order valence-electron chi connectivity index (χ4n) is 4.16. The molecule has 4 aromatic rings. The summed E-state index contributed by atoms with van der Waals surface area (Å²) in [6.07, 6.45) is 0. The van der Waals surface area contributed by atoms with Gasteiger partial charge in [0, 0.05) is 22.2 Å². The number of rotatable bonds is 5. The summed E-state index contributed by atoms with van der Waals surface area (Å²) in [6.45, 7) is 3.69. The maximum absolute atomic E-state index is 13.7. The van der Waals surface area contributed by atoms with Gasteiger partial charge in [-0.05, 0) is 50.2 Å². The molecule has 0 radical (unpaired) electrons. The van der Waals surface area contributed by atoms with Crippen molar-refractivity contribution in [1.82, 2.24) is 0 Å². The second-order valence-electron chi connectivity index (χ2n) is 8.09. The molecule has 7 nitrogen and oxygen atoms in total. The van der Waals surface area contributed by atoms with Crippen LogP contribution in [0.1, 0.15) is 33.7 Å². The molecule has 0 saturated heterocycles. The molecule has 0 spiro atoms. The van der Waals surface area contributed by atoms with Gasteiger partial charge in [0.05, 0.1) is 12.7 Å². The third-order valence-corrected chi connectivity index (χ3v) is 6.00. The first kappa shape index (κ1) is 21.9. The molecule has 0 saturated carbocycles. The summed E-state index contributed by atoms with van der Waals surface area (Å²) in [5.41, 5.74) is 1.72. The minimum absolute atomic E-state index is 0.0658. The van der Waals surface area contributed by atoms with Crippen LogP contribution in [0.4, 0.5) is 5.69 Å². The third kappa shape index (κ3) is 3.45. The van der Waals surface area contributed by atoms with Gasteiger partial charge in [-0.25, -0.2) is 0 Å². The number of hydrogen-bond acceptors (Lipinski definition) is 6. The van der Waals surface area contributed by atoms with E-state index in [1.165, 1.54) is 18.1 Å². The molecule has 2 aromatic heterocycles. The Bertz CT molecular complexity index is 1480. The molecule has 1 amide bonds. The van der Waals surface area contributed by atoms with Crippen LogP contribution < -0.4 is 9.64 Å². The summed E-state index contributed by atoms with van der Waals surface area (Å²) in [5.74, 6) is -0.763. The first-order chi connectivity index (χ1) is 16.3. The molecule has 2 aromatic carbocycles. The monoisotopic (exact) mass is 477 g/mol. The number of fused-ring (bicyclic) bond motifs is 1. The fourth-order valence-corrected chi connectivity index (χ4v) is 4.38. The Balaban J connectivity index is 1.65. The van der Waals surface area contributed by atoms with Crippen LogP contribution in [0.2, 0.25) is 5.02 Å². The summed E-state index contributed by atoms with van der Waals surface area (Å²) >= 11 is 6.14. The molecule has 0 fully saturated rings. The Kier molecular flexibility index (Phi) is 5.21. The number of aryl methyl sites for hydroxylation is 2. The molecule has 8 heteroatoms. The predicted molar refractivity (Wildman–Crippen MR) is 127 cm³/mol. The zero-order valence-electron chi connectivity index (χ0n) is 18.6. The van der Waals surface area contributed by atoms with Gasteiger partial charge >= 0.3 is 0 Å². The highest BCUT2D eigenvalue weighted by molar-refractivity contribution is 6.31. The van der Waals surface area contributed by atoms with Crippen LogP contribution in [-0.4, -0.2) is 23.9 Å². The molecular weight excluding hydrogens is 458 g/mol. The maximum atomic E-state index is 13.7. The number of furan rings is 2. The summed E-state index contributed by atoms with van der Waals surface area (Å²) in [4.78, 5) is 28.2. The van der Waals surface area contributed by atoms with Crippen molar-refractivity contribution in [1.29, 1.82) is 0 Å². The Hall–Kier alpha value is -3.97. The Labute approximate surface area is 199 Å². The van der Waals surface area contributed by atoms with E-state index in [0.717, 1.165) is 5.56 Å². The van der Waals surface area contributed by atoms with Crippen LogP contribution in [0.25, 0.3) is 11.0 Å². The number of ether oxygens (including phenoxy) is 1. The summed E-state index contributed by atoms with van der Waals surface area (Å²) in [7, 11) is 1.47.